The normalized spacial score (nSPS) is 12.9. The SMILES string of the molecule is CCNC(=O)[C@@H](NC(=O)[C@H](C)NC[C@H](Cc1ccccc1)NC(=O)c1cccc(C(=O)NCCc2cc(F)ccc2F)c1)C(C)C. The van der Waals surface area contributed by atoms with Crippen LogP contribution in [0.1, 0.15) is 59.5 Å². The molecule has 0 aromatic heterocycles. The molecule has 0 aliphatic heterocycles. The Labute approximate surface area is 268 Å². The molecule has 0 aliphatic rings. The molecule has 9 nitrogen and oxygen atoms in total. The minimum absolute atomic E-state index is 0.0768. The lowest BCUT2D eigenvalue weighted by molar-refractivity contribution is -0.130. The largest absolute Gasteiger partial charge is 0.355 e. The zero-order chi connectivity index (χ0) is 33.6. The Morgan fingerprint density at radius 1 is 0.761 bits per heavy atom. The van der Waals surface area contributed by atoms with Crippen LogP contribution in [0.2, 0.25) is 0 Å². The molecule has 3 rings (SSSR count). The number of likely N-dealkylation sites (N-methyl/N-ethyl adjacent to an activating group) is 1. The number of carbonyl (C=O) groups is 4. The van der Waals surface area contributed by atoms with Crippen LogP contribution in [-0.2, 0) is 22.4 Å². The third-order valence-corrected chi connectivity index (χ3v) is 7.40. The van der Waals surface area contributed by atoms with E-state index in [4.69, 9.17) is 0 Å². The molecule has 246 valence electrons. The maximum absolute atomic E-state index is 13.9. The molecular formula is C35H43F2N5O4. The van der Waals surface area contributed by atoms with Gasteiger partial charge in [-0.15, -0.1) is 0 Å². The number of hydrogen-bond donors (Lipinski definition) is 5. The number of carbonyl (C=O) groups excluding carboxylic acids is 4. The van der Waals surface area contributed by atoms with E-state index in [-0.39, 0.29) is 53.9 Å². The fourth-order valence-electron chi connectivity index (χ4n) is 4.80. The Morgan fingerprint density at radius 3 is 2.13 bits per heavy atom. The highest BCUT2D eigenvalue weighted by Gasteiger charge is 2.26. The van der Waals surface area contributed by atoms with E-state index in [9.17, 15) is 28.0 Å². The van der Waals surface area contributed by atoms with Crippen LogP contribution in [0.5, 0.6) is 0 Å². The van der Waals surface area contributed by atoms with Gasteiger partial charge in [-0.05, 0) is 80.1 Å². The lowest BCUT2D eigenvalue weighted by Gasteiger charge is -2.25. The molecule has 3 aromatic rings. The van der Waals surface area contributed by atoms with E-state index in [1.807, 2.05) is 51.1 Å². The van der Waals surface area contributed by atoms with Gasteiger partial charge in [0.1, 0.15) is 17.7 Å². The van der Waals surface area contributed by atoms with E-state index in [1.54, 1.807) is 25.1 Å². The predicted molar refractivity (Wildman–Crippen MR) is 173 cm³/mol. The van der Waals surface area contributed by atoms with Crippen LogP contribution < -0.4 is 26.6 Å². The summed E-state index contributed by atoms with van der Waals surface area (Å²) in [6.45, 7) is 8.00. The van der Waals surface area contributed by atoms with E-state index in [0.29, 0.717) is 13.0 Å². The van der Waals surface area contributed by atoms with Gasteiger partial charge in [0, 0.05) is 36.8 Å². The van der Waals surface area contributed by atoms with Crippen molar-refractivity contribution in [1.29, 1.82) is 0 Å². The molecule has 0 bridgehead atoms. The Balaban J connectivity index is 1.64. The van der Waals surface area contributed by atoms with Crippen molar-refractivity contribution in [2.45, 2.75) is 58.7 Å². The van der Waals surface area contributed by atoms with Gasteiger partial charge in [-0.25, -0.2) is 8.78 Å². The zero-order valence-corrected chi connectivity index (χ0v) is 26.7. The van der Waals surface area contributed by atoms with Gasteiger partial charge in [-0.1, -0.05) is 50.2 Å². The molecule has 3 atom stereocenters. The van der Waals surface area contributed by atoms with Gasteiger partial charge in [0.15, 0.2) is 0 Å². The molecule has 0 heterocycles. The first kappa shape index (κ1) is 35.8. The van der Waals surface area contributed by atoms with Gasteiger partial charge >= 0.3 is 0 Å². The molecule has 0 spiro atoms. The van der Waals surface area contributed by atoms with E-state index in [0.717, 1.165) is 23.8 Å². The standard InChI is InChI=1S/C35H43F2N5O4/c1-5-38-35(46)31(22(2)3)42-32(43)23(4)40-21-29(18-24-10-7-6-8-11-24)41-34(45)27-13-9-12-26(19-27)33(44)39-17-16-25-20-28(36)14-15-30(25)37/h6-15,19-20,22-23,29,31,40H,5,16-18,21H2,1-4H3,(H,38,46)(H,39,44)(H,41,45)(H,42,43)/t23-,29-,31-/m0/s1. The average molecular weight is 636 g/mol. The van der Waals surface area contributed by atoms with Crippen molar-refractivity contribution in [2.75, 3.05) is 19.6 Å². The fraction of sp³-hybridized carbons (Fsp3) is 0.371. The van der Waals surface area contributed by atoms with Crippen LogP contribution in [0.15, 0.2) is 72.8 Å². The first-order chi connectivity index (χ1) is 22.0. The molecule has 3 aromatic carbocycles. The van der Waals surface area contributed by atoms with Gasteiger partial charge < -0.3 is 26.6 Å². The summed E-state index contributed by atoms with van der Waals surface area (Å²) in [5.74, 6) is -2.67. The summed E-state index contributed by atoms with van der Waals surface area (Å²) in [5, 5.41) is 14.4. The molecule has 11 heteroatoms. The molecule has 0 saturated carbocycles. The lowest BCUT2D eigenvalue weighted by Crippen LogP contribution is -2.55. The molecule has 5 N–H and O–H groups in total. The maximum atomic E-state index is 13.9. The van der Waals surface area contributed by atoms with Gasteiger partial charge in [0.05, 0.1) is 6.04 Å². The third kappa shape index (κ3) is 11.1. The Bertz CT molecular complexity index is 1480. The topological polar surface area (TPSA) is 128 Å². The number of nitrogens with one attached hydrogen (secondary N) is 5. The predicted octanol–water partition coefficient (Wildman–Crippen LogP) is 3.53. The highest BCUT2D eigenvalue weighted by atomic mass is 19.1. The van der Waals surface area contributed by atoms with Crippen LogP contribution in [0.25, 0.3) is 0 Å². The first-order valence-corrected chi connectivity index (χ1v) is 15.5. The van der Waals surface area contributed by atoms with Crippen molar-refractivity contribution in [3.8, 4) is 0 Å². The number of benzene rings is 3. The quantitative estimate of drug-likeness (QED) is 0.165. The number of hydrogen-bond acceptors (Lipinski definition) is 5. The molecular weight excluding hydrogens is 592 g/mol. The Kier molecular flexibility index (Phi) is 13.8. The smallest absolute Gasteiger partial charge is 0.251 e. The van der Waals surface area contributed by atoms with Crippen molar-refractivity contribution >= 4 is 23.6 Å². The van der Waals surface area contributed by atoms with Crippen molar-refractivity contribution in [1.82, 2.24) is 26.6 Å². The Morgan fingerprint density at radius 2 is 1.46 bits per heavy atom. The molecule has 0 saturated heterocycles. The van der Waals surface area contributed by atoms with Crippen LogP contribution >= 0.6 is 0 Å². The summed E-state index contributed by atoms with van der Waals surface area (Å²) >= 11 is 0. The average Bonchev–Trinajstić information content (AvgIpc) is 3.04. The fourth-order valence-corrected chi connectivity index (χ4v) is 4.80. The molecule has 0 fully saturated rings. The molecule has 4 amide bonds. The second-order valence-corrected chi connectivity index (χ2v) is 11.4. The van der Waals surface area contributed by atoms with Crippen molar-refractivity contribution < 1.29 is 28.0 Å². The monoisotopic (exact) mass is 635 g/mol. The van der Waals surface area contributed by atoms with Crippen molar-refractivity contribution in [2.24, 2.45) is 5.92 Å². The van der Waals surface area contributed by atoms with Gasteiger partial charge in [-0.2, -0.15) is 0 Å². The van der Waals surface area contributed by atoms with Crippen molar-refractivity contribution in [3.05, 3.63) is 107 Å². The Hall–Kier alpha value is -4.64. The zero-order valence-electron chi connectivity index (χ0n) is 26.7. The van der Waals surface area contributed by atoms with Crippen LogP contribution in [0, 0.1) is 17.6 Å². The molecule has 0 radical (unpaired) electrons. The van der Waals surface area contributed by atoms with Gasteiger partial charge in [0.2, 0.25) is 11.8 Å². The molecule has 0 unspecified atom stereocenters. The van der Waals surface area contributed by atoms with Crippen LogP contribution in [-0.4, -0.2) is 61.4 Å². The summed E-state index contributed by atoms with van der Waals surface area (Å²) in [6.07, 6.45) is 0.572. The summed E-state index contributed by atoms with van der Waals surface area (Å²) < 4.78 is 27.4. The second-order valence-electron chi connectivity index (χ2n) is 11.4. The first-order valence-electron chi connectivity index (χ1n) is 15.5. The highest BCUT2D eigenvalue weighted by molar-refractivity contribution is 5.99. The van der Waals surface area contributed by atoms with Gasteiger partial charge in [-0.3, -0.25) is 19.2 Å². The van der Waals surface area contributed by atoms with Crippen molar-refractivity contribution in [3.63, 3.8) is 0 Å². The minimum atomic E-state index is -0.677. The molecule has 0 aliphatic carbocycles. The van der Waals surface area contributed by atoms with E-state index >= 15 is 0 Å². The summed E-state index contributed by atoms with van der Waals surface area (Å²) in [5.41, 5.74) is 1.63. The van der Waals surface area contributed by atoms with E-state index in [1.165, 1.54) is 6.07 Å². The summed E-state index contributed by atoms with van der Waals surface area (Å²) in [7, 11) is 0. The lowest BCUT2D eigenvalue weighted by atomic mass is 10.0. The van der Waals surface area contributed by atoms with E-state index in [2.05, 4.69) is 26.6 Å². The maximum Gasteiger partial charge on any atom is 0.251 e. The second kappa shape index (κ2) is 17.7. The van der Waals surface area contributed by atoms with E-state index < -0.39 is 41.6 Å². The van der Waals surface area contributed by atoms with Gasteiger partial charge in [0.25, 0.3) is 11.8 Å². The third-order valence-electron chi connectivity index (χ3n) is 7.40. The number of rotatable bonds is 16. The van der Waals surface area contributed by atoms with Crippen LogP contribution in [0.3, 0.4) is 0 Å². The molecule has 46 heavy (non-hydrogen) atoms. The highest BCUT2D eigenvalue weighted by Crippen LogP contribution is 2.11. The number of amides is 4. The summed E-state index contributed by atoms with van der Waals surface area (Å²) in [6, 6.07) is 17.2. The number of halogens is 2. The summed E-state index contributed by atoms with van der Waals surface area (Å²) in [4.78, 5) is 51.5. The van der Waals surface area contributed by atoms with Crippen LogP contribution in [0.4, 0.5) is 8.78 Å². The minimum Gasteiger partial charge on any atom is -0.355 e.